The molecule has 1 heterocycles. The molecule has 0 saturated heterocycles. The van der Waals surface area contributed by atoms with E-state index in [4.69, 9.17) is 16.3 Å². The van der Waals surface area contributed by atoms with Gasteiger partial charge in [0.25, 0.3) is 0 Å². The highest BCUT2D eigenvalue weighted by atomic mass is 35.5. The van der Waals surface area contributed by atoms with Gasteiger partial charge in [-0.3, -0.25) is 4.57 Å². The first-order chi connectivity index (χ1) is 17.4. The van der Waals surface area contributed by atoms with Gasteiger partial charge in [0.2, 0.25) is 6.10 Å². The molecule has 0 spiro atoms. The maximum Gasteiger partial charge on any atom is 0.351 e. The molecule has 1 atom stereocenters. The fourth-order valence-electron chi connectivity index (χ4n) is 4.04. The Bertz CT molecular complexity index is 1410. The van der Waals surface area contributed by atoms with Gasteiger partial charge in [0.15, 0.2) is 0 Å². The SMILES string of the molecule is CCCCc1nn(-c2ccccc2Cl)c(=O)n1Cc1ccc(OC(C(=O)O)c2ccccc2)c(C)c1. The Morgan fingerprint density at radius 2 is 1.81 bits per heavy atom. The van der Waals surface area contributed by atoms with Crippen LogP contribution in [0.25, 0.3) is 5.69 Å². The molecule has 4 rings (SSSR count). The largest absolute Gasteiger partial charge is 0.478 e. The van der Waals surface area contributed by atoms with Crippen LogP contribution in [-0.4, -0.2) is 25.4 Å². The van der Waals surface area contributed by atoms with Crippen LogP contribution in [0.2, 0.25) is 5.02 Å². The molecule has 0 aliphatic rings. The highest BCUT2D eigenvalue weighted by molar-refractivity contribution is 6.32. The molecule has 1 N–H and O–H groups in total. The third-order valence-corrected chi connectivity index (χ3v) is 6.24. The minimum atomic E-state index is -1.12. The Morgan fingerprint density at radius 3 is 2.47 bits per heavy atom. The lowest BCUT2D eigenvalue weighted by atomic mass is 10.1. The second-order valence-electron chi connectivity index (χ2n) is 8.60. The van der Waals surface area contributed by atoms with Crippen molar-refractivity contribution in [1.29, 1.82) is 0 Å². The molecule has 1 aromatic heterocycles. The number of ether oxygens (including phenoxy) is 1. The van der Waals surface area contributed by atoms with Crippen molar-refractivity contribution < 1.29 is 14.6 Å². The number of para-hydroxylation sites is 1. The Kier molecular flexibility index (Phi) is 7.90. The van der Waals surface area contributed by atoms with Crippen LogP contribution in [0.4, 0.5) is 0 Å². The highest BCUT2D eigenvalue weighted by Crippen LogP contribution is 2.27. The van der Waals surface area contributed by atoms with E-state index in [9.17, 15) is 14.7 Å². The number of benzene rings is 3. The zero-order chi connectivity index (χ0) is 25.7. The third kappa shape index (κ3) is 5.52. The van der Waals surface area contributed by atoms with Crippen LogP contribution in [0.5, 0.6) is 5.75 Å². The maximum absolute atomic E-state index is 13.4. The number of hydrogen-bond donors (Lipinski definition) is 1. The first-order valence-corrected chi connectivity index (χ1v) is 12.2. The van der Waals surface area contributed by atoms with Gasteiger partial charge in [-0.2, -0.15) is 4.68 Å². The minimum absolute atomic E-state index is 0.262. The number of unbranched alkanes of at least 4 members (excludes halogenated alkanes) is 1. The molecule has 0 saturated carbocycles. The first-order valence-electron chi connectivity index (χ1n) is 11.9. The van der Waals surface area contributed by atoms with Crippen molar-refractivity contribution >= 4 is 17.6 Å². The van der Waals surface area contributed by atoms with Crippen LogP contribution in [-0.2, 0) is 17.8 Å². The van der Waals surface area contributed by atoms with E-state index in [1.807, 2.05) is 37.3 Å². The summed E-state index contributed by atoms with van der Waals surface area (Å²) in [5.41, 5.74) is 2.50. The first kappa shape index (κ1) is 25.3. The van der Waals surface area contributed by atoms with Gasteiger partial charge in [-0.15, -0.1) is 5.10 Å². The predicted molar refractivity (Wildman–Crippen MR) is 139 cm³/mol. The molecule has 0 bridgehead atoms. The summed E-state index contributed by atoms with van der Waals surface area (Å²) in [7, 11) is 0. The predicted octanol–water partition coefficient (Wildman–Crippen LogP) is 5.59. The number of carboxylic acid groups (broad SMARTS) is 1. The maximum atomic E-state index is 13.4. The van der Waals surface area contributed by atoms with Gasteiger partial charge < -0.3 is 9.84 Å². The van der Waals surface area contributed by atoms with Gasteiger partial charge in [-0.05, 0) is 42.7 Å². The number of rotatable bonds is 10. The average Bonchev–Trinajstić information content (AvgIpc) is 3.17. The van der Waals surface area contributed by atoms with Crippen molar-refractivity contribution in [2.45, 2.75) is 45.8 Å². The minimum Gasteiger partial charge on any atom is -0.478 e. The van der Waals surface area contributed by atoms with E-state index in [2.05, 4.69) is 12.0 Å². The summed E-state index contributed by atoms with van der Waals surface area (Å²) in [5.74, 6) is 0.0962. The molecule has 0 radical (unpaired) electrons. The summed E-state index contributed by atoms with van der Waals surface area (Å²) < 4.78 is 8.90. The van der Waals surface area contributed by atoms with Crippen LogP contribution in [0, 0.1) is 6.92 Å². The Hall–Kier alpha value is -3.84. The monoisotopic (exact) mass is 505 g/mol. The Morgan fingerprint density at radius 1 is 1.08 bits per heavy atom. The molecule has 0 amide bonds. The summed E-state index contributed by atoms with van der Waals surface area (Å²) in [6, 6.07) is 21.5. The molecule has 0 aliphatic carbocycles. The number of aliphatic carboxylic acids is 1. The van der Waals surface area contributed by atoms with E-state index in [1.165, 1.54) is 4.68 Å². The van der Waals surface area contributed by atoms with Crippen LogP contribution in [0.1, 0.15) is 48.4 Å². The smallest absolute Gasteiger partial charge is 0.351 e. The molecule has 0 aliphatic heterocycles. The Labute approximate surface area is 214 Å². The molecular weight excluding hydrogens is 478 g/mol. The van der Waals surface area contributed by atoms with Crippen molar-refractivity contribution in [3.8, 4) is 11.4 Å². The molecule has 186 valence electrons. The second kappa shape index (κ2) is 11.3. The fourth-order valence-corrected chi connectivity index (χ4v) is 4.25. The van der Waals surface area contributed by atoms with Gasteiger partial charge in [-0.25, -0.2) is 9.59 Å². The van der Waals surface area contributed by atoms with Crippen LogP contribution in [0.3, 0.4) is 0 Å². The summed E-state index contributed by atoms with van der Waals surface area (Å²) >= 11 is 6.34. The van der Waals surface area contributed by atoms with Gasteiger partial charge in [0.1, 0.15) is 11.6 Å². The zero-order valence-corrected chi connectivity index (χ0v) is 21.0. The van der Waals surface area contributed by atoms with Gasteiger partial charge in [0.05, 0.1) is 17.3 Å². The average molecular weight is 506 g/mol. The lowest BCUT2D eigenvalue weighted by molar-refractivity contribution is -0.145. The standard InChI is InChI=1S/C28H28ClN3O4/c1-3-4-14-25-30-32(23-13-9-8-12-22(23)29)28(35)31(25)18-20-15-16-24(19(2)17-20)36-26(27(33)34)21-10-6-5-7-11-21/h5-13,15-17,26H,3-4,14,18H2,1-2H3,(H,33,34). The quantitative estimate of drug-likeness (QED) is 0.303. The van der Waals surface area contributed by atoms with Gasteiger partial charge in [0, 0.05) is 12.0 Å². The molecule has 36 heavy (non-hydrogen) atoms. The molecule has 8 heteroatoms. The highest BCUT2D eigenvalue weighted by Gasteiger charge is 2.23. The zero-order valence-electron chi connectivity index (χ0n) is 20.2. The molecular formula is C28H28ClN3O4. The van der Waals surface area contributed by atoms with E-state index in [1.54, 1.807) is 47.0 Å². The van der Waals surface area contributed by atoms with Crippen LogP contribution < -0.4 is 10.4 Å². The summed E-state index contributed by atoms with van der Waals surface area (Å²) in [6.07, 6.45) is 1.43. The van der Waals surface area contributed by atoms with E-state index < -0.39 is 12.1 Å². The number of carbonyl (C=O) groups is 1. The van der Waals surface area contributed by atoms with Crippen molar-refractivity contribution in [2.75, 3.05) is 0 Å². The number of hydrogen-bond acceptors (Lipinski definition) is 4. The lowest BCUT2D eigenvalue weighted by Crippen LogP contribution is -2.25. The topological polar surface area (TPSA) is 86.4 Å². The lowest BCUT2D eigenvalue weighted by Gasteiger charge is -2.17. The van der Waals surface area contributed by atoms with Gasteiger partial charge >= 0.3 is 11.7 Å². The number of aryl methyl sites for hydroxylation is 2. The number of carboxylic acids is 1. The summed E-state index contributed by atoms with van der Waals surface area (Å²) in [4.78, 5) is 25.2. The third-order valence-electron chi connectivity index (χ3n) is 5.93. The van der Waals surface area contributed by atoms with E-state index in [0.717, 1.165) is 24.0 Å². The summed E-state index contributed by atoms with van der Waals surface area (Å²) in [5, 5.41) is 14.7. The van der Waals surface area contributed by atoms with Crippen molar-refractivity contribution in [3.05, 3.63) is 111 Å². The number of nitrogens with zero attached hydrogens (tertiary/aromatic N) is 3. The summed E-state index contributed by atoms with van der Waals surface area (Å²) in [6.45, 7) is 4.27. The Balaban J connectivity index is 1.63. The second-order valence-corrected chi connectivity index (χ2v) is 9.01. The molecule has 3 aromatic carbocycles. The fraction of sp³-hybridized carbons (Fsp3) is 0.250. The van der Waals surface area contributed by atoms with E-state index in [0.29, 0.717) is 40.8 Å². The van der Waals surface area contributed by atoms with Crippen LogP contribution in [0.15, 0.2) is 77.6 Å². The van der Waals surface area contributed by atoms with Gasteiger partial charge in [-0.1, -0.05) is 79.5 Å². The van der Waals surface area contributed by atoms with Crippen molar-refractivity contribution in [3.63, 3.8) is 0 Å². The van der Waals surface area contributed by atoms with E-state index in [-0.39, 0.29) is 5.69 Å². The molecule has 4 aromatic rings. The molecule has 1 unspecified atom stereocenters. The number of halogens is 1. The van der Waals surface area contributed by atoms with Crippen molar-refractivity contribution in [1.82, 2.24) is 14.3 Å². The normalized spacial score (nSPS) is 11.9. The van der Waals surface area contributed by atoms with Crippen molar-refractivity contribution in [2.24, 2.45) is 0 Å². The van der Waals surface area contributed by atoms with E-state index >= 15 is 0 Å². The molecule has 0 fully saturated rings. The molecule has 7 nitrogen and oxygen atoms in total. The van der Waals surface area contributed by atoms with Crippen LogP contribution >= 0.6 is 11.6 Å². The number of aromatic nitrogens is 3.